The lowest BCUT2D eigenvalue weighted by Crippen LogP contribution is -2.42. The molecule has 2 aliphatic heterocycles. The fraction of sp³-hybridized carbons (Fsp3) is 0.677. The summed E-state index contributed by atoms with van der Waals surface area (Å²) in [5, 5.41) is 4.22. The molecule has 53 heavy (non-hydrogen) atoms. The summed E-state index contributed by atoms with van der Waals surface area (Å²) in [5.41, 5.74) is -2.00. The van der Waals surface area contributed by atoms with Crippen LogP contribution in [0, 0.1) is 11.6 Å². The van der Waals surface area contributed by atoms with Crippen LogP contribution >= 0.6 is 23.5 Å². The van der Waals surface area contributed by atoms with E-state index in [4.69, 9.17) is 32.8 Å². The van der Waals surface area contributed by atoms with Gasteiger partial charge in [0.1, 0.15) is 36.5 Å². The van der Waals surface area contributed by atoms with E-state index in [0.29, 0.717) is 18.1 Å². The van der Waals surface area contributed by atoms with Crippen molar-refractivity contribution < 1.29 is 51.2 Å². The minimum atomic E-state index is -2.00. The highest BCUT2D eigenvalue weighted by Crippen LogP contribution is 2.38. The van der Waals surface area contributed by atoms with Crippen LogP contribution in [-0.4, -0.2) is 108 Å². The second-order valence-corrected chi connectivity index (χ2v) is 20.4. The standard InChI is InChI=1S/C31H46F2N6O11S2Si/c1-7-23-49-21(17-51-23)38-14-19(32)25(34-27(38)40)36-29(42)46-12-10-44-8-9-45-11-13-47-30(43)37-26-20(33)15-39(28(41)35-26)22-18-52-24(50-22)16-48-53(5,6)31(2,3)4/h14-15,21-24H,7-13,16-18H2,1-6H3,(H,34,36,40,42)(H,35,37,41,43)/t21-,22-,23?,24+/m0/s1. The van der Waals surface area contributed by atoms with E-state index in [1.807, 2.05) is 6.92 Å². The summed E-state index contributed by atoms with van der Waals surface area (Å²) in [4.78, 5) is 56.3. The number of nitrogens with zero attached hydrogens (tertiary/aromatic N) is 4. The van der Waals surface area contributed by atoms with Gasteiger partial charge in [-0.25, -0.2) is 28.0 Å². The Morgan fingerprint density at radius 3 is 1.70 bits per heavy atom. The molecule has 0 saturated carbocycles. The van der Waals surface area contributed by atoms with Gasteiger partial charge >= 0.3 is 23.6 Å². The van der Waals surface area contributed by atoms with E-state index in [1.165, 1.54) is 23.5 Å². The van der Waals surface area contributed by atoms with Crippen molar-refractivity contribution in [2.45, 2.75) is 75.6 Å². The van der Waals surface area contributed by atoms with Gasteiger partial charge in [0.2, 0.25) is 0 Å². The van der Waals surface area contributed by atoms with Gasteiger partial charge in [0, 0.05) is 11.5 Å². The number of ether oxygens (including phenoxy) is 6. The van der Waals surface area contributed by atoms with E-state index in [2.05, 4.69) is 54.5 Å². The van der Waals surface area contributed by atoms with Gasteiger partial charge in [-0.2, -0.15) is 9.97 Å². The number of rotatable bonds is 17. The first-order valence-corrected chi connectivity index (χ1v) is 21.9. The van der Waals surface area contributed by atoms with Crippen LogP contribution in [0.15, 0.2) is 22.0 Å². The van der Waals surface area contributed by atoms with Crippen molar-refractivity contribution in [3.05, 3.63) is 45.0 Å². The second-order valence-electron chi connectivity index (χ2n) is 13.2. The Bertz CT molecular complexity index is 1680. The lowest BCUT2D eigenvalue weighted by atomic mass is 10.2. The van der Waals surface area contributed by atoms with Crippen LogP contribution in [0.25, 0.3) is 0 Å². The van der Waals surface area contributed by atoms with E-state index in [-0.39, 0.29) is 55.6 Å². The molecule has 4 atom stereocenters. The monoisotopic (exact) mass is 808 g/mol. The Balaban J connectivity index is 1.05. The van der Waals surface area contributed by atoms with Gasteiger partial charge in [-0.3, -0.25) is 19.8 Å². The molecule has 0 radical (unpaired) electrons. The molecule has 2 saturated heterocycles. The third kappa shape index (κ3) is 12.5. The molecule has 17 nitrogen and oxygen atoms in total. The average Bonchev–Trinajstić information content (AvgIpc) is 3.77. The van der Waals surface area contributed by atoms with E-state index in [0.717, 1.165) is 27.9 Å². The van der Waals surface area contributed by atoms with Crippen LogP contribution in [0.4, 0.5) is 30.0 Å². The molecular weight excluding hydrogens is 763 g/mol. The van der Waals surface area contributed by atoms with Crippen LogP contribution < -0.4 is 22.0 Å². The molecule has 4 rings (SSSR count). The second kappa shape index (κ2) is 19.5. The van der Waals surface area contributed by atoms with Crippen LogP contribution in [0.1, 0.15) is 46.6 Å². The quantitative estimate of drug-likeness (QED) is 0.167. The van der Waals surface area contributed by atoms with E-state index in [9.17, 15) is 28.0 Å². The van der Waals surface area contributed by atoms with Crippen molar-refractivity contribution in [2.24, 2.45) is 0 Å². The number of amides is 2. The number of nitrogens with one attached hydrogen (secondary N) is 2. The highest BCUT2D eigenvalue weighted by molar-refractivity contribution is 8.00. The van der Waals surface area contributed by atoms with Gasteiger partial charge in [-0.05, 0) is 24.6 Å². The third-order valence-corrected chi connectivity index (χ3v) is 15.2. The largest absolute Gasteiger partial charge is 0.447 e. The molecule has 4 heterocycles. The molecule has 296 valence electrons. The number of hydrogen-bond donors (Lipinski definition) is 2. The minimum absolute atomic E-state index is 0.0162. The van der Waals surface area contributed by atoms with Crippen molar-refractivity contribution >= 4 is 55.7 Å². The van der Waals surface area contributed by atoms with Gasteiger partial charge in [0.05, 0.1) is 45.4 Å². The highest BCUT2D eigenvalue weighted by atomic mass is 32.2. The Hall–Kier alpha value is -3.12. The van der Waals surface area contributed by atoms with Gasteiger partial charge in [0.15, 0.2) is 31.6 Å². The Kier molecular flexibility index (Phi) is 15.6. The summed E-state index contributed by atoms with van der Waals surface area (Å²) >= 11 is 2.97. The van der Waals surface area contributed by atoms with Gasteiger partial charge in [-0.1, -0.05) is 27.7 Å². The highest BCUT2D eigenvalue weighted by Gasteiger charge is 2.39. The average molecular weight is 809 g/mol. The maximum absolute atomic E-state index is 14.8. The molecule has 1 unspecified atom stereocenters. The first kappa shape index (κ1) is 42.6. The van der Waals surface area contributed by atoms with Crippen LogP contribution in [0.3, 0.4) is 0 Å². The van der Waals surface area contributed by atoms with Crippen LogP contribution in [-0.2, 0) is 32.8 Å². The third-order valence-electron chi connectivity index (χ3n) is 8.36. The van der Waals surface area contributed by atoms with Crippen molar-refractivity contribution in [1.29, 1.82) is 0 Å². The number of halogens is 2. The molecule has 2 aromatic rings. The molecule has 0 aliphatic carbocycles. The Morgan fingerprint density at radius 1 is 0.830 bits per heavy atom. The fourth-order valence-corrected chi connectivity index (χ4v) is 7.60. The molecule has 2 aliphatic rings. The fourth-order valence-electron chi connectivity index (χ4n) is 4.43. The predicted octanol–water partition coefficient (Wildman–Crippen LogP) is 4.52. The SMILES string of the molecule is CCC1O[C@H](n2cc(F)c(NC(=O)OCCOCCOCCOC(=O)Nc3nc(=O)n([C@@H]4CS[C@H](CO[Si](C)(C)C(C)(C)C)O4)cc3F)nc2=O)CS1. The van der Waals surface area contributed by atoms with Gasteiger partial charge in [-0.15, -0.1) is 23.5 Å². The van der Waals surface area contributed by atoms with E-state index >= 15 is 0 Å². The van der Waals surface area contributed by atoms with Gasteiger partial charge < -0.3 is 32.8 Å². The number of carbonyl (C=O) groups is 2. The smallest absolute Gasteiger partial charge is 0.412 e. The number of anilines is 2. The van der Waals surface area contributed by atoms with Crippen molar-refractivity contribution in [1.82, 2.24) is 19.1 Å². The van der Waals surface area contributed by atoms with Crippen molar-refractivity contribution in [2.75, 3.05) is 68.4 Å². The zero-order valence-corrected chi connectivity index (χ0v) is 33.0. The lowest BCUT2D eigenvalue weighted by molar-refractivity contribution is -0.00460. The molecule has 2 aromatic heterocycles. The number of carbonyl (C=O) groups excluding carboxylic acids is 2. The van der Waals surface area contributed by atoms with Crippen molar-refractivity contribution in [3.63, 3.8) is 0 Å². The van der Waals surface area contributed by atoms with Crippen LogP contribution in [0.5, 0.6) is 0 Å². The van der Waals surface area contributed by atoms with E-state index < -0.39 is 67.6 Å². The minimum Gasteiger partial charge on any atom is -0.447 e. The summed E-state index contributed by atoms with van der Waals surface area (Å²) < 4.78 is 69.6. The first-order valence-electron chi connectivity index (χ1n) is 16.9. The molecular formula is C31H46F2N6O11S2Si. The molecule has 2 N–H and O–H groups in total. The summed E-state index contributed by atoms with van der Waals surface area (Å²) in [7, 11) is -2.00. The molecule has 0 aromatic carbocycles. The van der Waals surface area contributed by atoms with Gasteiger partial charge in [0.25, 0.3) is 0 Å². The molecule has 0 spiro atoms. The molecule has 0 bridgehead atoms. The number of thioether (sulfide) groups is 2. The van der Waals surface area contributed by atoms with E-state index in [1.54, 1.807) is 0 Å². The molecule has 22 heteroatoms. The number of hydrogen-bond acceptors (Lipinski definition) is 15. The zero-order chi connectivity index (χ0) is 38.8. The lowest BCUT2D eigenvalue weighted by Gasteiger charge is -2.36. The maximum Gasteiger partial charge on any atom is 0.412 e. The van der Waals surface area contributed by atoms with Crippen molar-refractivity contribution in [3.8, 4) is 0 Å². The zero-order valence-electron chi connectivity index (χ0n) is 30.4. The Morgan fingerprint density at radius 2 is 1.26 bits per heavy atom. The molecule has 2 fully saturated rings. The summed E-state index contributed by atoms with van der Waals surface area (Å²) in [6.45, 7) is 12.7. The topological polar surface area (TPSA) is 193 Å². The molecule has 2 amide bonds. The maximum atomic E-state index is 14.8. The predicted molar refractivity (Wildman–Crippen MR) is 195 cm³/mol. The summed E-state index contributed by atoms with van der Waals surface area (Å²) in [5.74, 6) is -2.16. The summed E-state index contributed by atoms with van der Waals surface area (Å²) in [6.07, 6.45) is -0.862. The first-order chi connectivity index (χ1) is 25.1. The number of aromatic nitrogens is 4. The van der Waals surface area contributed by atoms with Crippen LogP contribution in [0.2, 0.25) is 18.1 Å². The Labute approximate surface area is 314 Å². The normalized spacial score (nSPS) is 20.4. The summed E-state index contributed by atoms with van der Waals surface area (Å²) in [6, 6.07) is 0.